The van der Waals surface area contributed by atoms with Crippen molar-refractivity contribution < 1.29 is 14.4 Å². The molecular weight excluding hydrogens is 234 g/mol. The van der Waals surface area contributed by atoms with Crippen molar-refractivity contribution in [1.82, 2.24) is 15.0 Å². The summed E-state index contributed by atoms with van der Waals surface area (Å²) >= 11 is 0. The fourth-order valence-corrected chi connectivity index (χ4v) is 2.08. The molecule has 18 heavy (non-hydrogen) atoms. The van der Waals surface area contributed by atoms with Gasteiger partial charge in [0, 0.05) is 18.5 Å². The Morgan fingerprint density at radius 3 is 2.78 bits per heavy atom. The standard InChI is InChI=1S/C12H17N3O3/c16-11(17)5-6-15(9-3-4-9)7-10-13-12(14-18-10)8-1-2-8/h8-9H,1-7H2,(H,16,17). The molecule has 0 atom stereocenters. The van der Waals surface area contributed by atoms with E-state index in [1.54, 1.807) is 0 Å². The minimum Gasteiger partial charge on any atom is -0.481 e. The van der Waals surface area contributed by atoms with Gasteiger partial charge in [-0.25, -0.2) is 0 Å². The number of hydrogen-bond donors (Lipinski definition) is 1. The maximum atomic E-state index is 10.6. The van der Waals surface area contributed by atoms with E-state index in [1.165, 1.54) is 0 Å². The van der Waals surface area contributed by atoms with Crippen molar-refractivity contribution in [3.63, 3.8) is 0 Å². The van der Waals surface area contributed by atoms with Crippen LogP contribution in [0.25, 0.3) is 0 Å². The Labute approximate surface area is 105 Å². The minimum atomic E-state index is -0.759. The first-order chi connectivity index (χ1) is 8.72. The molecule has 0 bridgehead atoms. The van der Waals surface area contributed by atoms with Crippen molar-refractivity contribution in [3.8, 4) is 0 Å². The maximum absolute atomic E-state index is 10.6. The van der Waals surface area contributed by atoms with Crippen LogP contribution >= 0.6 is 0 Å². The van der Waals surface area contributed by atoms with Crippen molar-refractivity contribution >= 4 is 5.97 Å². The molecule has 2 saturated carbocycles. The SMILES string of the molecule is O=C(O)CCN(Cc1nc(C2CC2)no1)C1CC1. The first-order valence-corrected chi connectivity index (χ1v) is 6.50. The van der Waals surface area contributed by atoms with Gasteiger partial charge in [0.05, 0.1) is 13.0 Å². The third kappa shape index (κ3) is 2.87. The lowest BCUT2D eigenvalue weighted by atomic mass is 10.3. The molecule has 2 aliphatic rings. The molecule has 0 aliphatic heterocycles. The molecule has 0 aromatic carbocycles. The molecule has 0 unspecified atom stereocenters. The highest BCUT2D eigenvalue weighted by molar-refractivity contribution is 5.66. The molecule has 1 aromatic rings. The highest BCUT2D eigenvalue weighted by atomic mass is 16.5. The van der Waals surface area contributed by atoms with Crippen LogP contribution in [-0.2, 0) is 11.3 Å². The van der Waals surface area contributed by atoms with Crippen LogP contribution in [-0.4, -0.2) is 38.7 Å². The van der Waals surface area contributed by atoms with Crippen LogP contribution in [0.3, 0.4) is 0 Å². The Morgan fingerprint density at radius 1 is 1.39 bits per heavy atom. The van der Waals surface area contributed by atoms with Crippen molar-refractivity contribution in [1.29, 1.82) is 0 Å². The number of nitrogens with zero attached hydrogens (tertiary/aromatic N) is 3. The number of hydrogen-bond acceptors (Lipinski definition) is 5. The van der Waals surface area contributed by atoms with Crippen LogP contribution in [0, 0.1) is 0 Å². The molecule has 1 heterocycles. The third-order valence-corrected chi connectivity index (χ3v) is 3.44. The van der Waals surface area contributed by atoms with E-state index in [4.69, 9.17) is 9.63 Å². The van der Waals surface area contributed by atoms with Gasteiger partial charge >= 0.3 is 5.97 Å². The Balaban J connectivity index is 1.58. The molecule has 6 nitrogen and oxygen atoms in total. The van der Waals surface area contributed by atoms with Gasteiger partial charge in [0.2, 0.25) is 5.89 Å². The van der Waals surface area contributed by atoms with E-state index in [9.17, 15) is 4.79 Å². The van der Waals surface area contributed by atoms with Gasteiger partial charge in [0.1, 0.15) is 0 Å². The van der Waals surface area contributed by atoms with Gasteiger partial charge in [-0.05, 0) is 25.7 Å². The van der Waals surface area contributed by atoms with Crippen LogP contribution in [0.1, 0.15) is 49.7 Å². The molecule has 0 amide bonds. The van der Waals surface area contributed by atoms with Crippen LogP contribution in [0.2, 0.25) is 0 Å². The van der Waals surface area contributed by atoms with E-state index in [0.717, 1.165) is 31.5 Å². The number of carboxylic acids is 1. The molecule has 0 radical (unpaired) electrons. The van der Waals surface area contributed by atoms with E-state index in [-0.39, 0.29) is 6.42 Å². The molecule has 0 saturated heterocycles. The van der Waals surface area contributed by atoms with Gasteiger partial charge < -0.3 is 9.63 Å². The summed E-state index contributed by atoms with van der Waals surface area (Å²) in [6.45, 7) is 1.14. The largest absolute Gasteiger partial charge is 0.481 e. The van der Waals surface area contributed by atoms with Gasteiger partial charge in [-0.2, -0.15) is 4.98 Å². The molecule has 1 aromatic heterocycles. The van der Waals surface area contributed by atoms with Gasteiger partial charge in [-0.1, -0.05) is 5.16 Å². The molecule has 3 rings (SSSR count). The van der Waals surface area contributed by atoms with Crippen molar-refractivity contribution in [2.45, 2.75) is 50.6 Å². The van der Waals surface area contributed by atoms with E-state index >= 15 is 0 Å². The number of aromatic nitrogens is 2. The second-order valence-corrected chi connectivity index (χ2v) is 5.17. The second kappa shape index (κ2) is 4.68. The number of carbonyl (C=O) groups is 1. The highest BCUT2D eigenvalue weighted by Gasteiger charge is 2.32. The lowest BCUT2D eigenvalue weighted by molar-refractivity contribution is -0.137. The Bertz CT molecular complexity index is 438. The van der Waals surface area contributed by atoms with Gasteiger partial charge in [0.25, 0.3) is 0 Å². The minimum absolute atomic E-state index is 0.167. The predicted molar refractivity (Wildman–Crippen MR) is 62.0 cm³/mol. The average Bonchev–Trinajstić information content (AvgIpc) is 3.23. The Morgan fingerprint density at radius 2 is 2.17 bits per heavy atom. The van der Waals surface area contributed by atoms with E-state index in [2.05, 4.69) is 15.0 Å². The molecule has 1 N–H and O–H groups in total. The fourth-order valence-electron chi connectivity index (χ4n) is 2.08. The zero-order valence-electron chi connectivity index (χ0n) is 10.2. The topological polar surface area (TPSA) is 79.5 Å². The normalized spacial score (nSPS) is 19.4. The average molecular weight is 251 g/mol. The molecule has 98 valence electrons. The van der Waals surface area contributed by atoms with Gasteiger partial charge in [0.15, 0.2) is 5.82 Å². The fraction of sp³-hybridized carbons (Fsp3) is 0.750. The lowest BCUT2D eigenvalue weighted by Crippen LogP contribution is -2.28. The summed E-state index contributed by atoms with van der Waals surface area (Å²) in [5.41, 5.74) is 0. The number of aliphatic carboxylic acids is 1. The predicted octanol–water partition coefficient (Wildman–Crippen LogP) is 1.39. The monoisotopic (exact) mass is 251 g/mol. The number of carboxylic acid groups (broad SMARTS) is 1. The van der Waals surface area contributed by atoms with E-state index < -0.39 is 5.97 Å². The van der Waals surface area contributed by atoms with Gasteiger partial charge in [-0.15, -0.1) is 0 Å². The van der Waals surface area contributed by atoms with Crippen molar-refractivity contribution in [2.24, 2.45) is 0 Å². The summed E-state index contributed by atoms with van der Waals surface area (Å²) in [5.74, 6) is 1.17. The van der Waals surface area contributed by atoms with Crippen LogP contribution in [0.5, 0.6) is 0 Å². The molecule has 0 spiro atoms. The first kappa shape index (κ1) is 11.6. The molecule has 6 heteroatoms. The quantitative estimate of drug-likeness (QED) is 0.788. The zero-order chi connectivity index (χ0) is 12.5. The smallest absolute Gasteiger partial charge is 0.304 e. The highest BCUT2D eigenvalue weighted by Crippen LogP contribution is 2.38. The summed E-state index contributed by atoms with van der Waals surface area (Å²) in [7, 11) is 0. The van der Waals surface area contributed by atoms with E-state index in [1.807, 2.05) is 0 Å². The summed E-state index contributed by atoms with van der Waals surface area (Å²) in [5, 5.41) is 12.7. The van der Waals surface area contributed by atoms with Crippen molar-refractivity contribution in [2.75, 3.05) is 6.54 Å². The van der Waals surface area contributed by atoms with Gasteiger partial charge in [-0.3, -0.25) is 9.69 Å². The zero-order valence-corrected chi connectivity index (χ0v) is 10.2. The third-order valence-electron chi connectivity index (χ3n) is 3.44. The lowest BCUT2D eigenvalue weighted by Gasteiger charge is -2.18. The Kier molecular flexibility index (Phi) is 3.03. The van der Waals surface area contributed by atoms with Crippen LogP contribution in [0.15, 0.2) is 4.52 Å². The Hall–Kier alpha value is -1.43. The first-order valence-electron chi connectivity index (χ1n) is 6.50. The maximum Gasteiger partial charge on any atom is 0.304 e. The summed E-state index contributed by atoms with van der Waals surface area (Å²) in [6, 6.07) is 0.501. The summed E-state index contributed by atoms with van der Waals surface area (Å²) in [6.07, 6.45) is 4.77. The summed E-state index contributed by atoms with van der Waals surface area (Å²) < 4.78 is 5.23. The molecular formula is C12H17N3O3. The van der Waals surface area contributed by atoms with Crippen LogP contribution in [0.4, 0.5) is 0 Å². The van der Waals surface area contributed by atoms with E-state index in [0.29, 0.717) is 30.9 Å². The second-order valence-electron chi connectivity index (χ2n) is 5.17. The van der Waals surface area contributed by atoms with Crippen LogP contribution < -0.4 is 0 Å². The molecule has 2 aliphatic carbocycles. The van der Waals surface area contributed by atoms with Crippen molar-refractivity contribution in [3.05, 3.63) is 11.7 Å². The number of rotatable bonds is 7. The molecule has 2 fully saturated rings. The summed E-state index contributed by atoms with van der Waals surface area (Å²) in [4.78, 5) is 17.1.